The number of para-hydroxylation sites is 1. The van der Waals surface area contributed by atoms with Crippen LogP contribution < -0.4 is 5.32 Å². The Balaban J connectivity index is 1.98. The van der Waals surface area contributed by atoms with E-state index in [-0.39, 0.29) is 11.6 Å². The van der Waals surface area contributed by atoms with Gasteiger partial charge in [-0.3, -0.25) is 0 Å². The summed E-state index contributed by atoms with van der Waals surface area (Å²) in [4.78, 5) is 8.31. The van der Waals surface area contributed by atoms with Gasteiger partial charge >= 0.3 is 6.18 Å². The Labute approximate surface area is 145 Å². The number of hydrogen-bond donors (Lipinski definition) is 1. The molecule has 3 rings (SSSR count). The lowest BCUT2D eigenvalue weighted by atomic mass is 10.1. The van der Waals surface area contributed by atoms with Crippen LogP contribution >= 0.6 is 11.8 Å². The molecule has 2 aromatic heterocycles. The first-order chi connectivity index (χ1) is 11.9. The number of aromatic nitrogens is 3. The number of thioether (sulfide) groups is 1. The second-order valence-corrected chi connectivity index (χ2v) is 5.85. The molecule has 0 spiro atoms. The van der Waals surface area contributed by atoms with E-state index in [1.54, 1.807) is 13.0 Å². The van der Waals surface area contributed by atoms with E-state index in [0.29, 0.717) is 22.0 Å². The zero-order valence-corrected chi connectivity index (χ0v) is 14.1. The minimum Gasteiger partial charge on any atom is -0.360 e. The Morgan fingerprint density at radius 2 is 1.92 bits per heavy atom. The number of halogens is 3. The second-order valence-electron chi connectivity index (χ2n) is 5.06. The van der Waals surface area contributed by atoms with E-state index >= 15 is 0 Å². The summed E-state index contributed by atoms with van der Waals surface area (Å²) < 4.78 is 44.5. The lowest BCUT2D eigenvalue weighted by Crippen LogP contribution is -2.09. The van der Waals surface area contributed by atoms with Crippen molar-refractivity contribution < 1.29 is 17.7 Å². The molecule has 0 unspecified atom stereocenters. The van der Waals surface area contributed by atoms with Gasteiger partial charge in [-0.25, -0.2) is 9.97 Å². The van der Waals surface area contributed by atoms with Crippen LogP contribution in [0.2, 0.25) is 0 Å². The fourth-order valence-electron chi connectivity index (χ4n) is 2.30. The summed E-state index contributed by atoms with van der Waals surface area (Å²) in [5.74, 6) is 0.631. The third kappa shape index (κ3) is 3.60. The standard InChI is InChI=1S/C16H13F3N4OS/c1-9-13(14(25-2)23-24-9)12-7-8-20-15(22-12)21-11-6-4-3-5-10(11)16(17,18)19/h3-8H,1-2H3,(H,20,21,22). The van der Waals surface area contributed by atoms with E-state index in [0.717, 1.165) is 6.07 Å². The maximum Gasteiger partial charge on any atom is 0.418 e. The molecule has 0 radical (unpaired) electrons. The highest BCUT2D eigenvalue weighted by atomic mass is 32.2. The SMILES string of the molecule is CSc1noc(C)c1-c1ccnc(Nc2ccccc2C(F)(F)F)n1. The predicted molar refractivity (Wildman–Crippen MR) is 88.8 cm³/mol. The van der Waals surface area contributed by atoms with Gasteiger partial charge in [0.1, 0.15) is 10.8 Å². The van der Waals surface area contributed by atoms with Gasteiger partial charge in [0.25, 0.3) is 0 Å². The summed E-state index contributed by atoms with van der Waals surface area (Å²) in [6, 6.07) is 6.83. The molecule has 5 nitrogen and oxygen atoms in total. The topological polar surface area (TPSA) is 63.8 Å². The Bertz CT molecular complexity index is 895. The van der Waals surface area contributed by atoms with Gasteiger partial charge in [-0.15, -0.1) is 11.8 Å². The molecule has 0 atom stereocenters. The third-order valence-electron chi connectivity index (χ3n) is 3.42. The van der Waals surface area contributed by atoms with Crippen LogP contribution in [0.15, 0.2) is 46.1 Å². The van der Waals surface area contributed by atoms with Crippen LogP contribution in [-0.2, 0) is 6.18 Å². The molecule has 0 bridgehead atoms. The summed E-state index contributed by atoms with van der Waals surface area (Å²) in [6.07, 6.45) is -1.16. The van der Waals surface area contributed by atoms with Crippen LogP contribution in [0, 0.1) is 6.92 Å². The molecule has 0 aliphatic heterocycles. The Kier molecular flexibility index (Phi) is 4.67. The normalized spacial score (nSPS) is 11.6. The number of benzene rings is 1. The minimum atomic E-state index is -4.47. The maximum absolute atomic E-state index is 13.1. The van der Waals surface area contributed by atoms with Crippen molar-refractivity contribution in [1.29, 1.82) is 0 Å². The van der Waals surface area contributed by atoms with Crippen molar-refractivity contribution in [3.8, 4) is 11.3 Å². The predicted octanol–water partition coefficient (Wildman–Crippen LogP) is 4.92. The molecule has 9 heteroatoms. The summed E-state index contributed by atoms with van der Waals surface area (Å²) in [6.45, 7) is 1.75. The molecule has 1 N–H and O–H groups in total. The average molecular weight is 366 g/mol. The zero-order valence-electron chi connectivity index (χ0n) is 13.3. The van der Waals surface area contributed by atoms with E-state index in [2.05, 4.69) is 20.4 Å². The molecular formula is C16H13F3N4OS. The van der Waals surface area contributed by atoms with E-state index in [4.69, 9.17) is 4.52 Å². The summed E-state index contributed by atoms with van der Waals surface area (Å²) in [5.41, 5.74) is 0.321. The van der Waals surface area contributed by atoms with Crippen LogP contribution in [0.5, 0.6) is 0 Å². The fraction of sp³-hybridized carbons (Fsp3) is 0.188. The molecule has 0 saturated carbocycles. The van der Waals surface area contributed by atoms with Gasteiger partial charge in [0, 0.05) is 6.20 Å². The summed E-state index contributed by atoms with van der Waals surface area (Å²) >= 11 is 1.39. The van der Waals surface area contributed by atoms with Crippen molar-refractivity contribution in [2.75, 3.05) is 11.6 Å². The second kappa shape index (κ2) is 6.75. The van der Waals surface area contributed by atoms with Crippen molar-refractivity contribution in [3.05, 3.63) is 47.9 Å². The quantitative estimate of drug-likeness (QED) is 0.661. The van der Waals surface area contributed by atoms with Gasteiger partial charge in [-0.05, 0) is 31.4 Å². The van der Waals surface area contributed by atoms with Gasteiger partial charge in [0.15, 0.2) is 0 Å². The van der Waals surface area contributed by atoms with E-state index in [9.17, 15) is 13.2 Å². The molecule has 3 aromatic rings. The first-order valence-electron chi connectivity index (χ1n) is 7.17. The van der Waals surface area contributed by atoms with Crippen LogP contribution in [0.25, 0.3) is 11.3 Å². The highest BCUT2D eigenvalue weighted by Gasteiger charge is 2.33. The Hall–Kier alpha value is -2.55. The van der Waals surface area contributed by atoms with Gasteiger partial charge in [0.05, 0.1) is 22.5 Å². The maximum atomic E-state index is 13.1. The van der Waals surface area contributed by atoms with E-state index in [1.807, 2.05) is 6.26 Å². The number of anilines is 2. The van der Waals surface area contributed by atoms with Crippen molar-refractivity contribution in [1.82, 2.24) is 15.1 Å². The summed E-state index contributed by atoms with van der Waals surface area (Å²) in [7, 11) is 0. The van der Waals surface area contributed by atoms with Gasteiger partial charge in [-0.1, -0.05) is 17.3 Å². The number of rotatable bonds is 4. The monoisotopic (exact) mass is 366 g/mol. The molecule has 0 aliphatic carbocycles. The van der Waals surface area contributed by atoms with Crippen LogP contribution in [-0.4, -0.2) is 21.4 Å². The highest BCUT2D eigenvalue weighted by Crippen LogP contribution is 2.36. The third-order valence-corrected chi connectivity index (χ3v) is 4.08. The molecular weight excluding hydrogens is 353 g/mol. The molecule has 130 valence electrons. The molecule has 0 fully saturated rings. The highest BCUT2D eigenvalue weighted by molar-refractivity contribution is 7.98. The van der Waals surface area contributed by atoms with Crippen LogP contribution in [0.4, 0.5) is 24.8 Å². The fourth-order valence-corrected chi connectivity index (χ4v) is 2.86. The minimum absolute atomic E-state index is 0.0573. The number of hydrogen-bond acceptors (Lipinski definition) is 6. The van der Waals surface area contributed by atoms with Gasteiger partial charge in [-0.2, -0.15) is 13.2 Å². The van der Waals surface area contributed by atoms with Crippen molar-refractivity contribution in [2.24, 2.45) is 0 Å². The molecule has 0 amide bonds. The summed E-state index contributed by atoms with van der Waals surface area (Å²) in [5, 5.41) is 7.22. The smallest absolute Gasteiger partial charge is 0.360 e. The largest absolute Gasteiger partial charge is 0.418 e. The molecule has 25 heavy (non-hydrogen) atoms. The molecule has 0 saturated heterocycles. The molecule has 1 aromatic carbocycles. The lowest BCUT2D eigenvalue weighted by Gasteiger charge is -2.13. The van der Waals surface area contributed by atoms with Crippen molar-refractivity contribution >= 4 is 23.4 Å². The van der Waals surface area contributed by atoms with Gasteiger partial charge < -0.3 is 9.84 Å². The van der Waals surface area contributed by atoms with E-state index in [1.165, 1.54) is 36.2 Å². The van der Waals surface area contributed by atoms with Gasteiger partial charge in [0.2, 0.25) is 5.95 Å². The van der Waals surface area contributed by atoms with Crippen molar-refractivity contribution in [3.63, 3.8) is 0 Å². The first kappa shape index (κ1) is 17.3. The first-order valence-corrected chi connectivity index (χ1v) is 8.39. The molecule has 0 aliphatic rings. The molecule has 2 heterocycles. The van der Waals surface area contributed by atoms with Crippen molar-refractivity contribution in [2.45, 2.75) is 18.1 Å². The Morgan fingerprint density at radius 1 is 1.16 bits per heavy atom. The van der Waals surface area contributed by atoms with E-state index < -0.39 is 11.7 Å². The number of alkyl halides is 3. The zero-order chi connectivity index (χ0) is 18.0. The van der Waals surface area contributed by atoms with Crippen LogP contribution in [0.3, 0.4) is 0 Å². The average Bonchev–Trinajstić information content (AvgIpc) is 2.95. The van der Waals surface area contributed by atoms with Crippen LogP contribution in [0.1, 0.15) is 11.3 Å². The Morgan fingerprint density at radius 3 is 2.64 bits per heavy atom. The number of nitrogens with one attached hydrogen (secondary N) is 1. The number of aryl methyl sites for hydroxylation is 1. The number of nitrogens with zero attached hydrogens (tertiary/aromatic N) is 3. The lowest BCUT2D eigenvalue weighted by molar-refractivity contribution is -0.136.